The van der Waals surface area contributed by atoms with Crippen LogP contribution in [0.1, 0.15) is 16.8 Å². The van der Waals surface area contributed by atoms with Gasteiger partial charge in [0, 0.05) is 85.3 Å². The van der Waals surface area contributed by atoms with E-state index in [9.17, 15) is 15.8 Å². The predicted octanol–water partition coefficient (Wildman–Crippen LogP) is 25.6. The van der Waals surface area contributed by atoms with Crippen LogP contribution in [0.2, 0.25) is 0 Å². The Morgan fingerprint density at radius 3 is 0.964 bits per heavy atom. The summed E-state index contributed by atoms with van der Waals surface area (Å²) in [4.78, 5) is 12.7. The van der Waals surface area contributed by atoms with Crippen LogP contribution in [0, 0.1) is 34.0 Å². The SMILES string of the molecule is N#Cc1cc(-c2ccc(-c3ccc4c(c3)c3c5ccccc5ccc3n4-c3ccccc3)cc2)ccn1.N#Cc1ccnc(-c2ccc(-c3ccc4c(c3)c3c5ccccc5ccc3n4-c3ccccc3)cc2)c1.N#Cc1cncc(-c2ccc(-c3ccc4c(c3)c3c5ccccc5ccc3n4-c3ccccc3)cc2)c1. The quantitative estimate of drug-likeness (QED) is 0.142. The van der Waals surface area contributed by atoms with E-state index in [0.29, 0.717) is 16.8 Å². The van der Waals surface area contributed by atoms with Gasteiger partial charge >= 0.3 is 0 Å². The number of hydrogen-bond donors (Lipinski definition) is 0. The van der Waals surface area contributed by atoms with E-state index in [2.05, 4.69) is 374 Å². The van der Waals surface area contributed by atoms with E-state index in [1.807, 2.05) is 24.3 Å². The topological polar surface area (TPSA) is 125 Å². The minimum absolute atomic E-state index is 0.425. The Hall–Kier alpha value is -15.6. The first kappa shape index (κ1) is 66.1. The van der Waals surface area contributed by atoms with Crippen LogP contribution in [0.15, 0.2) is 383 Å². The van der Waals surface area contributed by atoms with E-state index in [0.717, 1.165) is 72.8 Å². The average molecular weight is 1410 g/mol. The van der Waals surface area contributed by atoms with E-state index in [4.69, 9.17) is 0 Å². The first-order valence-corrected chi connectivity index (χ1v) is 36.8. The van der Waals surface area contributed by atoms with Crippen molar-refractivity contribution in [3.05, 3.63) is 400 Å². The number of fused-ring (bicyclic) bond motifs is 15. The number of pyridine rings is 3. The largest absolute Gasteiger partial charge is 0.309 e. The van der Waals surface area contributed by atoms with Gasteiger partial charge in [0.2, 0.25) is 0 Å². The van der Waals surface area contributed by atoms with Crippen molar-refractivity contribution < 1.29 is 0 Å². The summed E-state index contributed by atoms with van der Waals surface area (Å²) in [5.41, 5.74) is 25.1. The van der Waals surface area contributed by atoms with Gasteiger partial charge in [-0.1, -0.05) is 237 Å². The van der Waals surface area contributed by atoms with Crippen molar-refractivity contribution in [3.63, 3.8) is 0 Å². The van der Waals surface area contributed by atoms with Gasteiger partial charge in [-0.15, -0.1) is 0 Å². The first-order valence-electron chi connectivity index (χ1n) is 36.8. The average Bonchev–Trinajstić information content (AvgIpc) is 1.59. The highest BCUT2D eigenvalue weighted by molar-refractivity contribution is 6.24. The monoisotopic (exact) mass is 1410 g/mol. The second-order valence-corrected chi connectivity index (χ2v) is 27.6. The third-order valence-corrected chi connectivity index (χ3v) is 21.3. The lowest BCUT2D eigenvalue weighted by atomic mass is 9.98. The number of nitrogens with zero attached hydrogens (tertiary/aromatic N) is 9. The highest BCUT2D eigenvalue weighted by Gasteiger charge is 2.21. The molecule has 9 heteroatoms. The van der Waals surface area contributed by atoms with E-state index in [-0.39, 0.29) is 0 Å². The van der Waals surface area contributed by atoms with Crippen molar-refractivity contribution in [2.24, 2.45) is 0 Å². The lowest BCUT2D eigenvalue weighted by Gasteiger charge is -2.09. The fourth-order valence-electron chi connectivity index (χ4n) is 16.0. The van der Waals surface area contributed by atoms with E-state index < -0.39 is 0 Å². The minimum Gasteiger partial charge on any atom is -0.309 e. The van der Waals surface area contributed by atoms with Crippen LogP contribution in [0.3, 0.4) is 0 Å². The summed E-state index contributed by atoms with van der Waals surface area (Å²) in [5, 5.41) is 42.7. The summed E-state index contributed by atoms with van der Waals surface area (Å²) in [6.45, 7) is 0. The van der Waals surface area contributed by atoms with Gasteiger partial charge in [0.05, 0.1) is 56.0 Å². The van der Waals surface area contributed by atoms with Crippen molar-refractivity contribution in [3.8, 4) is 102 Å². The molecule has 516 valence electrons. The molecule has 0 atom stereocenters. The van der Waals surface area contributed by atoms with Gasteiger partial charge < -0.3 is 13.7 Å². The first-order chi connectivity index (χ1) is 54.9. The molecule has 21 rings (SSSR count). The number of benzene rings is 15. The molecule has 0 spiro atoms. The molecule has 6 aromatic heterocycles. The molecule has 0 saturated heterocycles. The van der Waals surface area contributed by atoms with Crippen LogP contribution in [-0.2, 0) is 0 Å². The molecule has 111 heavy (non-hydrogen) atoms. The summed E-state index contributed by atoms with van der Waals surface area (Å²) < 4.78 is 7.08. The predicted molar refractivity (Wildman–Crippen MR) is 455 cm³/mol. The Balaban J connectivity index is 0.000000112. The molecule has 0 aliphatic heterocycles. The molecule has 0 aliphatic carbocycles. The highest BCUT2D eigenvalue weighted by atomic mass is 15.0. The van der Waals surface area contributed by atoms with E-state index in [1.165, 1.54) is 109 Å². The lowest BCUT2D eigenvalue weighted by Crippen LogP contribution is -1.93. The van der Waals surface area contributed by atoms with Crippen molar-refractivity contribution >= 4 is 97.7 Å². The zero-order valence-corrected chi connectivity index (χ0v) is 59.9. The summed E-state index contributed by atoms with van der Waals surface area (Å²) >= 11 is 0. The molecular weight excluding hydrogens is 1350 g/mol. The number of para-hydroxylation sites is 3. The van der Waals surface area contributed by atoms with Gasteiger partial charge in [-0.05, 0) is 204 Å². The molecule has 0 amide bonds. The maximum Gasteiger partial charge on any atom is 0.141 e. The Kier molecular flexibility index (Phi) is 16.9. The minimum atomic E-state index is 0.425. The van der Waals surface area contributed by atoms with Crippen LogP contribution in [0.4, 0.5) is 0 Å². The van der Waals surface area contributed by atoms with Gasteiger partial charge in [-0.2, -0.15) is 15.8 Å². The maximum absolute atomic E-state index is 9.22. The summed E-state index contributed by atoms with van der Waals surface area (Å²) in [7, 11) is 0. The van der Waals surface area contributed by atoms with E-state index in [1.54, 1.807) is 30.9 Å². The molecule has 9 nitrogen and oxygen atoms in total. The number of nitriles is 3. The lowest BCUT2D eigenvalue weighted by molar-refractivity contribution is 1.18. The fourth-order valence-corrected chi connectivity index (χ4v) is 16.0. The van der Waals surface area contributed by atoms with Crippen LogP contribution in [0.5, 0.6) is 0 Å². The Labute approximate surface area is 639 Å². The molecule has 21 aromatic rings. The molecule has 0 fully saturated rings. The molecule has 15 aromatic carbocycles. The van der Waals surface area contributed by atoms with Gasteiger partial charge in [0.15, 0.2) is 0 Å². The van der Waals surface area contributed by atoms with Crippen molar-refractivity contribution in [1.82, 2.24) is 28.7 Å². The Bertz CT molecular complexity index is 6620. The molecule has 0 saturated carbocycles. The summed E-state index contributed by atoms with van der Waals surface area (Å²) in [5.74, 6) is 0. The summed E-state index contributed by atoms with van der Waals surface area (Å²) in [6.07, 6.45) is 6.75. The van der Waals surface area contributed by atoms with Gasteiger partial charge in [-0.3, -0.25) is 9.97 Å². The third-order valence-electron chi connectivity index (χ3n) is 21.3. The molecule has 0 unspecified atom stereocenters. The molecule has 0 bridgehead atoms. The molecular formula is C102H63N9. The highest BCUT2D eigenvalue weighted by Crippen LogP contribution is 2.44. The number of rotatable bonds is 9. The van der Waals surface area contributed by atoms with Crippen molar-refractivity contribution in [2.75, 3.05) is 0 Å². The fraction of sp³-hybridized carbons (Fsp3) is 0. The van der Waals surface area contributed by atoms with Crippen LogP contribution >= 0.6 is 0 Å². The van der Waals surface area contributed by atoms with Gasteiger partial charge in [-0.25, -0.2) is 4.98 Å². The normalized spacial score (nSPS) is 11.2. The number of hydrogen-bond acceptors (Lipinski definition) is 6. The maximum atomic E-state index is 9.22. The van der Waals surface area contributed by atoms with Crippen molar-refractivity contribution in [2.45, 2.75) is 0 Å². The second kappa shape index (κ2) is 28.4. The van der Waals surface area contributed by atoms with Gasteiger partial charge in [0.1, 0.15) is 17.8 Å². The third kappa shape index (κ3) is 12.2. The second-order valence-electron chi connectivity index (χ2n) is 27.6. The van der Waals surface area contributed by atoms with Crippen LogP contribution in [-0.4, -0.2) is 28.7 Å². The zero-order chi connectivity index (χ0) is 74.3. The smallest absolute Gasteiger partial charge is 0.141 e. The molecule has 6 heterocycles. The standard InChI is InChI=1S/3C34H21N3/c35-20-23-18-28(22-36-21-23)25-12-10-24(11-13-25)27-15-16-32-31(19-27)34-30-9-5-4-6-26(30)14-17-33(34)37(32)29-7-2-1-3-8-29;35-22-23-18-19-36-31(20-23)26-12-10-24(11-13-26)27-15-16-32-30(21-27)34-29-9-5-4-6-25(29)14-17-33(34)37(32)28-7-2-1-3-8-28;35-22-28-20-27(18-19-36-28)24-12-10-23(11-13-24)26-15-16-32-31(21-26)34-30-9-5-4-6-25(30)14-17-33(34)37(32)29-7-2-1-3-8-29/h1-19,21-22H;2*1-21H. The molecule has 0 radical (unpaired) electrons. The Morgan fingerprint density at radius 1 is 0.225 bits per heavy atom. The zero-order valence-electron chi connectivity index (χ0n) is 59.9. The summed E-state index contributed by atoms with van der Waals surface area (Å²) in [6, 6.07) is 132. The van der Waals surface area contributed by atoms with E-state index >= 15 is 0 Å². The van der Waals surface area contributed by atoms with Gasteiger partial charge in [0.25, 0.3) is 0 Å². The van der Waals surface area contributed by atoms with Crippen molar-refractivity contribution in [1.29, 1.82) is 15.8 Å². The molecule has 0 N–H and O–H groups in total. The Morgan fingerprint density at radius 2 is 0.568 bits per heavy atom. The molecule has 0 aliphatic rings. The number of aromatic nitrogens is 6. The van der Waals surface area contributed by atoms with Crippen LogP contribution in [0.25, 0.3) is 182 Å². The van der Waals surface area contributed by atoms with Crippen LogP contribution < -0.4 is 0 Å².